The van der Waals surface area contributed by atoms with Gasteiger partial charge >= 0.3 is 0 Å². The van der Waals surface area contributed by atoms with E-state index in [1.165, 1.54) is 10.9 Å². The molecule has 0 saturated heterocycles. The van der Waals surface area contributed by atoms with Crippen molar-refractivity contribution < 1.29 is 8.42 Å². The van der Waals surface area contributed by atoms with Crippen LogP contribution in [-0.4, -0.2) is 28.4 Å². The lowest BCUT2D eigenvalue weighted by Gasteiger charge is -2.10. The van der Waals surface area contributed by atoms with Gasteiger partial charge in [0, 0.05) is 5.69 Å². The van der Waals surface area contributed by atoms with Gasteiger partial charge in [0.2, 0.25) is 10.0 Å². The molecule has 0 fully saturated rings. The number of hydrogen-bond donors (Lipinski definition) is 2. The van der Waals surface area contributed by atoms with E-state index in [0.717, 1.165) is 0 Å². The summed E-state index contributed by atoms with van der Waals surface area (Å²) in [6.07, 6.45) is 1.36. The first-order valence-corrected chi connectivity index (χ1v) is 10.1. The highest BCUT2D eigenvalue weighted by atomic mass is 32.2. The molecule has 0 bridgehead atoms. The molecule has 8 nitrogen and oxygen atoms in total. The average molecular weight is 397 g/mol. The van der Waals surface area contributed by atoms with E-state index in [-0.39, 0.29) is 5.56 Å². The van der Waals surface area contributed by atoms with Gasteiger partial charge in [0.1, 0.15) is 0 Å². The van der Waals surface area contributed by atoms with Crippen LogP contribution in [0.4, 0.5) is 5.69 Å². The molecule has 3 rings (SSSR count). The number of nitrogens with zero attached hydrogens (tertiary/aromatic N) is 3. The molecule has 3 aromatic rings. The van der Waals surface area contributed by atoms with Crippen molar-refractivity contribution in [2.75, 3.05) is 4.72 Å². The molecule has 2 heterocycles. The van der Waals surface area contributed by atoms with E-state index >= 15 is 0 Å². The van der Waals surface area contributed by atoms with Gasteiger partial charge in [-0.1, -0.05) is 12.1 Å². The molecule has 0 atom stereocenters. The zero-order valence-corrected chi connectivity index (χ0v) is 16.4. The summed E-state index contributed by atoms with van der Waals surface area (Å²) >= 11 is 0. The topological polar surface area (TPSA) is 121 Å². The zero-order chi connectivity index (χ0) is 20.5. The minimum atomic E-state index is -3.47. The highest BCUT2D eigenvalue weighted by molar-refractivity contribution is 7.93. The van der Waals surface area contributed by atoms with Gasteiger partial charge in [-0.05, 0) is 50.6 Å². The van der Waals surface area contributed by atoms with Crippen molar-refractivity contribution in [2.45, 2.75) is 26.0 Å². The standard InChI is InChI=1S/C19H19N5O3S/c1-12(2)28(26,27)23-16-8-9-17(21-11-16)24-19(25)18(13(3)22-24)15-6-4-14(10-20)5-7-15/h4-9,11-12,22-23H,1-3H3. The molecule has 0 aliphatic heterocycles. The number of aromatic nitrogens is 3. The molecule has 28 heavy (non-hydrogen) atoms. The molecule has 1 aromatic carbocycles. The summed E-state index contributed by atoms with van der Waals surface area (Å²) < 4.78 is 27.6. The first kappa shape index (κ1) is 19.4. The largest absolute Gasteiger partial charge is 0.293 e. The number of rotatable bonds is 5. The van der Waals surface area contributed by atoms with E-state index in [2.05, 4.69) is 14.8 Å². The van der Waals surface area contributed by atoms with E-state index < -0.39 is 15.3 Å². The van der Waals surface area contributed by atoms with Crippen molar-refractivity contribution in [1.82, 2.24) is 14.8 Å². The van der Waals surface area contributed by atoms with Crippen LogP contribution in [0.5, 0.6) is 0 Å². The third-order valence-corrected chi connectivity index (χ3v) is 5.99. The van der Waals surface area contributed by atoms with Gasteiger partial charge in [-0.3, -0.25) is 14.6 Å². The molecule has 0 amide bonds. The maximum absolute atomic E-state index is 12.9. The van der Waals surface area contributed by atoms with Gasteiger partial charge in [0.25, 0.3) is 5.56 Å². The fourth-order valence-electron chi connectivity index (χ4n) is 2.62. The molecule has 2 N–H and O–H groups in total. The number of H-pyrrole nitrogens is 1. The monoisotopic (exact) mass is 397 g/mol. The smallest absolute Gasteiger partial charge is 0.280 e. The first-order chi connectivity index (χ1) is 13.2. The number of benzene rings is 1. The Hall–Kier alpha value is -3.38. The Morgan fingerprint density at radius 3 is 2.39 bits per heavy atom. The number of pyridine rings is 1. The van der Waals surface area contributed by atoms with Crippen LogP contribution in [0.3, 0.4) is 0 Å². The molecule has 0 unspecified atom stereocenters. The Balaban J connectivity index is 1.95. The number of nitrogens with one attached hydrogen (secondary N) is 2. The quantitative estimate of drug-likeness (QED) is 0.685. The number of anilines is 1. The van der Waals surface area contributed by atoms with Crippen molar-refractivity contribution in [3.05, 3.63) is 64.2 Å². The normalized spacial score (nSPS) is 11.4. The van der Waals surface area contributed by atoms with Crippen molar-refractivity contribution in [1.29, 1.82) is 5.26 Å². The highest BCUT2D eigenvalue weighted by Gasteiger charge is 2.17. The SMILES string of the molecule is Cc1[nH]n(-c2ccc(NS(=O)(=O)C(C)C)cn2)c(=O)c1-c1ccc(C#N)cc1. The minimum absolute atomic E-state index is 0.287. The van der Waals surface area contributed by atoms with Gasteiger partial charge in [0.15, 0.2) is 5.82 Å². The fourth-order valence-corrected chi connectivity index (χ4v) is 3.31. The third kappa shape index (κ3) is 3.68. The third-order valence-electron chi connectivity index (χ3n) is 4.23. The highest BCUT2D eigenvalue weighted by Crippen LogP contribution is 2.20. The summed E-state index contributed by atoms with van der Waals surface area (Å²) in [5.41, 5.74) is 2.37. The van der Waals surface area contributed by atoms with Crippen molar-refractivity contribution in [3.63, 3.8) is 0 Å². The number of hydrogen-bond acceptors (Lipinski definition) is 5. The van der Waals surface area contributed by atoms with Gasteiger partial charge in [-0.25, -0.2) is 18.1 Å². The van der Waals surface area contributed by atoms with Crippen LogP contribution in [0.15, 0.2) is 47.4 Å². The number of aromatic amines is 1. The van der Waals surface area contributed by atoms with Crippen molar-refractivity contribution in [2.24, 2.45) is 0 Å². The maximum Gasteiger partial charge on any atom is 0.280 e. The van der Waals surface area contributed by atoms with Gasteiger partial charge < -0.3 is 0 Å². The van der Waals surface area contributed by atoms with Crippen LogP contribution in [0.25, 0.3) is 16.9 Å². The van der Waals surface area contributed by atoms with Crippen LogP contribution >= 0.6 is 0 Å². The van der Waals surface area contributed by atoms with E-state index in [1.54, 1.807) is 57.2 Å². The Kier molecular flexibility index (Phi) is 5.07. The summed E-state index contributed by atoms with van der Waals surface area (Å²) in [6.45, 7) is 4.93. The molecular weight excluding hydrogens is 378 g/mol. The summed E-state index contributed by atoms with van der Waals surface area (Å²) in [6, 6.07) is 11.9. The first-order valence-electron chi connectivity index (χ1n) is 8.53. The zero-order valence-electron chi connectivity index (χ0n) is 15.6. The molecule has 0 aliphatic carbocycles. The van der Waals surface area contributed by atoms with E-state index in [9.17, 15) is 13.2 Å². The summed E-state index contributed by atoms with van der Waals surface area (Å²) in [5, 5.41) is 11.3. The molecule has 2 aromatic heterocycles. The molecule has 0 saturated carbocycles. The second kappa shape index (κ2) is 7.32. The second-order valence-corrected chi connectivity index (χ2v) is 8.78. The van der Waals surface area contributed by atoms with E-state index in [0.29, 0.717) is 33.9 Å². The lowest BCUT2D eigenvalue weighted by atomic mass is 10.1. The molecule has 144 valence electrons. The van der Waals surface area contributed by atoms with Crippen molar-refractivity contribution >= 4 is 15.7 Å². The predicted octanol–water partition coefficient (Wildman–Crippen LogP) is 2.56. The summed E-state index contributed by atoms with van der Waals surface area (Å²) in [5.74, 6) is 0.334. The summed E-state index contributed by atoms with van der Waals surface area (Å²) in [7, 11) is -3.47. The van der Waals surface area contributed by atoms with Crippen LogP contribution < -0.4 is 10.3 Å². The number of nitriles is 1. The Morgan fingerprint density at radius 2 is 1.86 bits per heavy atom. The van der Waals surface area contributed by atoms with Gasteiger partial charge in [-0.2, -0.15) is 5.26 Å². The Bertz CT molecular complexity index is 1200. The maximum atomic E-state index is 12.9. The Labute approximate surface area is 162 Å². The lowest BCUT2D eigenvalue weighted by molar-refractivity contribution is 0.592. The van der Waals surface area contributed by atoms with Crippen LogP contribution in [0, 0.1) is 18.3 Å². The second-order valence-electron chi connectivity index (χ2n) is 6.54. The van der Waals surface area contributed by atoms with Crippen LogP contribution in [0.1, 0.15) is 25.1 Å². The molecule has 9 heteroatoms. The molecular formula is C19H19N5O3S. The van der Waals surface area contributed by atoms with E-state index in [4.69, 9.17) is 5.26 Å². The molecule has 0 radical (unpaired) electrons. The molecule has 0 spiro atoms. The minimum Gasteiger partial charge on any atom is -0.293 e. The average Bonchev–Trinajstić information content (AvgIpc) is 2.96. The van der Waals surface area contributed by atoms with Gasteiger partial charge in [-0.15, -0.1) is 0 Å². The fraction of sp³-hybridized carbons (Fsp3) is 0.211. The van der Waals surface area contributed by atoms with Gasteiger partial charge in [0.05, 0.1) is 34.3 Å². The number of sulfonamides is 1. The number of aryl methyl sites for hydroxylation is 1. The Morgan fingerprint density at radius 1 is 1.18 bits per heavy atom. The van der Waals surface area contributed by atoms with Crippen molar-refractivity contribution in [3.8, 4) is 23.0 Å². The predicted molar refractivity (Wildman–Crippen MR) is 107 cm³/mol. The van der Waals surface area contributed by atoms with Crippen LogP contribution in [-0.2, 0) is 10.0 Å². The molecule has 0 aliphatic rings. The van der Waals surface area contributed by atoms with Crippen LogP contribution in [0.2, 0.25) is 0 Å². The summed E-state index contributed by atoms with van der Waals surface area (Å²) in [4.78, 5) is 17.1. The van der Waals surface area contributed by atoms with E-state index in [1.807, 2.05) is 6.07 Å². The lowest BCUT2D eigenvalue weighted by Crippen LogP contribution is -2.22.